The Labute approximate surface area is 127 Å². The molecule has 21 heavy (non-hydrogen) atoms. The standard InChI is InChI=1S/C17H15ClFNO/c1-2-20-10-12(16-9-14(19)6-7-17(16)20)11-21-15-5-3-4-13(18)8-15/h3-10H,2,11H2,1H3. The summed E-state index contributed by atoms with van der Waals surface area (Å²) >= 11 is 5.94. The quantitative estimate of drug-likeness (QED) is 0.659. The maximum atomic E-state index is 13.5. The molecule has 0 fully saturated rings. The smallest absolute Gasteiger partial charge is 0.123 e. The number of rotatable bonds is 4. The molecule has 0 aliphatic rings. The van der Waals surface area contributed by atoms with Gasteiger partial charge in [0, 0.05) is 34.2 Å². The van der Waals surface area contributed by atoms with E-state index in [9.17, 15) is 4.39 Å². The first-order valence-corrected chi connectivity index (χ1v) is 7.21. The van der Waals surface area contributed by atoms with Crippen LogP contribution < -0.4 is 4.74 Å². The van der Waals surface area contributed by atoms with Gasteiger partial charge >= 0.3 is 0 Å². The fourth-order valence-corrected chi connectivity index (χ4v) is 2.62. The minimum atomic E-state index is -0.236. The lowest BCUT2D eigenvalue weighted by Gasteiger charge is -2.05. The molecular formula is C17H15ClFNO. The minimum Gasteiger partial charge on any atom is -0.489 e. The lowest BCUT2D eigenvalue weighted by atomic mass is 10.2. The van der Waals surface area contributed by atoms with Crippen molar-refractivity contribution in [2.75, 3.05) is 0 Å². The molecular weight excluding hydrogens is 289 g/mol. The zero-order valence-corrected chi connectivity index (χ0v) is 12.4. The van der Waals surface area contributed by atoms with E-state index in [-0.39, 0.29) is 5.82 Å². The van der Waals surface area contributed by atoms with Crippen LogP contribution in [0.2, 0.25) is 5.02 Å². The third-order valence-corrected chi connectivity index (χ3v) is 3.69. The summed E-state index contributed by atoms with van der Waals surface area (Å²) in [7, 11) is 0. The molecule has 3 aromatic rings. The van der Waals surface area contributed by atoms with Crippen LogP contribution in [0, 0.1) is 5.82 Å². The van der Waals surface area contributed by atoms with Crippen molar-refractivity contribution in [1.82, 2.24) is 4.57 Å². The van der Waals surface area contributed by atoms with Crippen LogP contribution in [0.1, 0.15) is 12.5 Å². The van der Waals surface area contributed by atoms with Crippen LogP contribution in [0.15, 0.2) is 48.7 Å². The molecule has 0 spiro atoms. The molecule has 0 saturated carbocycles. The van der Waals surface area contributed by atoms with E-state index in [0.717, 1.165) is 23.0 Å². The molecule has 0 unspecified atom stereocenters. The zero-order chi connectivity index (χ0) is 14.8. The second-order valence-electron chi connectivity index (χ2n) is 4.85. The van der Waals surface area contributed by atoms with E-state index in [4.69, 9.17) is 16.3 Å². The molecule has 1 aromatic heterocycles. The molecule has 0 bridgehead atoms. The molecule has 2 aromatic carbocycles. The van der Waals surface area contributed by atoms with Gasteiger partial charge in [0.15, 0.2) is 0 Å². The summed E-state index contributed by atoms with van der Waals surface area (Å²) in [6, 6.07) is 12.1. The number of aromatic nitrogens is 1. The van der Waals surface area contributed by atoms with E-state index in [1.807, 2.05) is 18.3 Å². The molecule has 0 saturated heterocycles. The van der Waals surface area contributed by atoms with Gasteiger partial charge in [0.1, 0.15) is 18.2 Å². The Bertz CT molecular complexity index is 782. The number of hydrogen-bond acceptors (Lipinski definition) is 1. The van der Waals surface area contributed by atoms with Crippen LogP contribution in [0.3, 0.4) is 0 Å². The van der Waals surface area contributed by atoms with E-state index >= 15 is 0 Å². The number of fused-ring (bicyclic) bond motifs is 1. The highest BCUT2D eigenvalue weighted by Crippen LogP contribution is 2.25. The lowest BCUT2D eigenvalue weighted by Crippen LogP contribution is -1.95. The Morgan fingerprint density at radius 1 is 1.19 bits per heavy atom. The molecule has 4 heteroatoms. The van der Waals surface area contributed by atoms with Crippen LogP contribution in [0.25, 0.3) is 10.9 Å². The van der Waals surface area contributed by atoms with E-state index in [2.05, 4.69) is 11.5 Å². The highest BCUT2D eigenvalue weighted by atomic mass is 35.5. The molecule has 0 aliphatic heterocycles. The predicted molar refractivity (Wildman–Crippen MR) is 83.4 cm³/mol. The largest absolute Gasteiger partial charge is 0.489 e. The monoisotopic (exact) mass is 303 g/mol. The summed E-state index contributed by atoms with van der Waals surface area (Å²) in [5.41, 5.74) is 1.98. The number of hydrogen-bond donors (Lipinski definition) is 0. The van der Waals surface area contributed by atoms with Crippen LogP contribution in [0.5, 0.6) is 5.75 Å². The fraction of sp³-hybridized carbons (Fsp3) is 0.176. The van der Waals surface area contributed by atoms with Crippen LogP contribution in [0.4, 0.5) is 4.39 Å². The van der Waals surface area contributed by atoms with Gasteiger partial charge in [0.05, 0.1) is 0 Å². The Hall–Kier alpha value is -2.00. The summed E-state index contributed by atoms with van der Waals surface area (Å²) in [6.45, 7) is 3.27. The maximum absolute atomic E-state index is 13.5. The predicted octanol–water partition coefficient (Wildman–Crippen LogP) is 5.03. The van der Waals surface area contributed by atoms with Crippen molar-refractivity contribution in [2.45, 2.75) is 20.1 Å². The average Bonchev–Trinajstić information content (AvgIpc) is 2.82. The topological polar surface area (TPSA) is 14.2 Å². The zero-order valence-electron chi connectivity index (χ0n) is 11.6. The molecule has 2 nitrogen and oxygen atoms in total. The Morgan fingerprint density at radius 3 is 2.81 bits per heavy atom. The van der Waals surface area contributed by atoms with Gasteiger partial charge in [-0.05, 0) is 43.3 Å². The first-order chi connectivity index (χ1) is 10.2. The Balaban J connectivity index is 1.91. The van der Waals surface area contributed by atoms with Gasteiger partial charge < -0.3 is 9.30 Å². The Kier molecular flexibility index (Phi) is 3.84. The van der Waals surface area contributed by atoms with Crippen molar-refractivity contribution in [3.63, 3.8) is 0 Å². The third kappa shape index (κ3) is 2.88. The van der Waals surface area contributed by atoms with Crippen molar-refractivity contribution in [3.8, 4) is 5.75 Å². The van der Waals surface area contributed by atoms with Gasteiger partial charge in [-0.3, -0.25) is 0 Å². The second kappa shape index (κ2) is 5.78. The summed E-state index contributed by atoms with van der Waals surface area (Å²) in [6.07, 6.45) is 2.01. The van der Waals surface area contributed by atoms with Crippen LogP contribution in [-0.2, 0) is 13.2 Å². The van der Waals surface area contributed by atoms with Crippen molar-refractivity contribution >= 4 is 22.5 Å². The number of halogens is 2. The van der Waals surface area contributed by atoms with Crippen molar-refractivity contribution in [1.29, 1.82) is 0 Å². The summed E-state index contributed by atoms with van der Waals surface area (Å²) in [5, 5.41) is 1.52. The first-order valence-electron chi connectivity index (χ1n) is 6.83. The summed E-state index contributed by atoms with van der Waals surface area (Å²) in [4.78, 5) is 0. The fourth-order valence-electron chi connectivity index (χ4n) is 2.44. The first kappa shape index (κ1) is 14.0. The van der Waals surface area contributed by atoms with Gasteiger partial charge in [-0.2, -0.15) is 0 Å². The number of benzene rings is 2. The van der Waals surface area contributed by atoms with Gasteiger partial charge in [0.2, 0.25) is 0 Å². The van der Waals surface area contributed by atoms with Crippen molar-refractivity contribution in [3.05, 3.63) is 65.1 Å². The van der Waals surface area contributed by atoms with Crippen molar-refractivity contribution in [2.24, 2.45) is 0 Å². The lowest BCUT2D eigenvalue weighted by molar-refractivity contribution is 0.307. The van der Waals surface area contributed by atoms with Gasteiger partial charge in [-0.15, -0.1) is 0 Å². The van der Waals surface area contributed by atoms with Crippen LogP contribution in [-0.4, -0.2) is 4.57 Å². The minimum absolute atomic E-state index is 0.236. The molecule has 0 atom stereocenters. The number of aryl methyl sites for hydroxylation is 1. The molecule has 1 heterocycles. The maximum Gasteiger partial charge on any atom is 0.123 e. The van der Waals surface area contributed by atoms with Crippen molar-refractivity contribution < 1.29 is 9.13 Å². The van der Waals surface area contributed by atoms with Crippen LogP contribution >= 0.6 is 11.6 Å². The van der Waals surface area contributed by atoms with E-state index in [0.29, 0.717) is 17.4 Å². The molecule has 3 rings (SSSR count). The van der Waals surface area contributed by atoms with Gasteiger partial charge in [0.25, 0.3) is 0 Å². The molecule has 0 radical (unpaired) electrons. The number of nitrogens with zero attached hydrogens (tertiary/aromatic N) is 1. The highest BCUT2D eigenvalue weighted by Gasteiger charge is 2.09. The molecule has 0 N–H and O–H groups in total. The van der Waals surface area contributed by atoms with E-state index in [1.165, 1.54) is 6.07 Å². The third-order valence-electron chi connectivity index (χ3n) is 3.46. The Morgan fingerprint density at radius 2 is 2.05 bits per heavy atom. The summed E-state index contributed by atoms with van der Waals surface area (Å²) < 4.78 is 21.3. The normalized spacial score (nSPS) is 11.0. The molecule has 0 amide bonds. The average molecular weight is 304 g/mol. The molecule has 108 valence electrons. The van der Waals surface area contributed by atoms with Gasteiger partial charge in [-0.1, -0.05) is 17.7 Å². The van der Waals surface area contributed by atoms with E-state index < -0.39 is 0 Å². The highest BCUT2D eigenvalue weighted by molar-refractivity contribution is 6.30. The second-order valence-corrected chi connectivity index (χ2v) is 5.28. The number of ether oxygens (including phenoxy) is 1. The van der Waals surface area contributed by atoms with E-state index in [1.54, 1.807) is 24.3 Å². The SMILES string of the molecule is CCn1cc(COc2cccc(Cl)c2)c2cc(F)ccc21. The molecule has 0 aliphatic carbocycles. The van der Waals surface area contributed by atoms with Gasteiger partial charge in [-0.25, -0.2) is 4.39 Å². The summed E-state index contributed by atoms with van der Waals surface area (Å²) in [5.74, 6) is 0.469.